The fraction of sp³-hybridized carbons (Fsp3) is 0.921. The molecule has 0 amide bonds. The predicted molar refractivity (Wildman–Crippen MR) is 188 cm³/mol. The molecule has 0 aromatic rings. The van der Waals surface area contributed by atoms with Gasteiger partial charge in [0.15, 0.2) is 0 Å². The first-order valence-electron chi connectivity index (χ1n) is 19.5. The molecule has 0 spiro atoms. The van der Waals surface area contributed by atoms with Gasteiger partial charge in [0, 0.05) is 12.8 Å². The van der Waals surface area contributed by atoms with E-state index in [1.54, 1.807) is 0 Å². The van der Waals surface area contributed by atoms with Crippen molar-refractivity contribution in [3.8, 4) is 0 Å². The summed E-state index contributed by atoms with van der Waals surface area (Å²) < 4.78 is 33.2. The van der Waals surface area contributed by atoms with E-state index in [1.165, 1.54) is 116 Å². The van der Waals surface area contributed by atoms with Crippen LogP contribution in [0.5, 0.6) is 0 Å². The minimum atomic E-state index is -3.79. The molecule has 0 atom stereocenters. The number of hydrogen-bond donors (Lipinski definition) is 3. The number of aliphatic carboxylic acids is 1. The van der Waals surface area contributed by atoms with Gasteiger partial charge in [0.25, 0.3) is 0 Å². The van der Waals surface area contributed by atoms with Crippen molar-refractivity contribution in [1.82, 2.24) is 0 Å². The topological polar surface area (TPSA) is 147 Å². The van der Waals surface area contributed by atoms with Crippen LogP contribution in [0.25, 0.3) is 0 Å². The Labute approximate surface area is 303 Å². The Bertz CT molecular complexity index is 719. The molecule has 10 heteroatoms. The van der Waals surface area contributed by atoms with Gasteiger partial charge in [0.1, 0.15) is 0 Å². The Morgan fingerprint density at radius 3 is 0.875 bits per heavy atom. The average molecular weight is 766 g/mol. The van der Waals surface area contributed by atoms with E-state index in [4.69, 9.17) is 18.7 Å². The van der Waals surface area contributed by atoms with Crippen LogP contribution >= 0.6 is 0 Å². The molecule has 0 aliphatic carbocycles. The van der Waals surface area contributed by atoms with Crippen LogP contribution in [0.2, 0.25) is 0 Å². The van der Waals surface area contributed by atoms with Crippen molar-refractivity contribution in [3.63, 3.8) is 0 Å². The number of esters is 2. The summed E-state index contributed by atoms with van der Waals surface area (Å²) in [6.45, 7) is 9.17. The molecule has 0 radical (unpaired) electrons. The molecule has 0 aromatic heterocycles. The van der Waals surface area contributed by atoms with Crippen molar-refractivity contribution < 1.29 is 60.8 Å². The van der Waals surface area contributed by atoms with E-state index in [1.807, 2.05) is 0 Å². The van der Waals surface area contributed by atoms with Gasteiger partial charge in [-0.3, -0.25) is 9.59 Å². The molecule has 48 heavy (non-hydrogen) atoms. The van der Waals surface area contributed by atoms with E-state index in [0.717, 1.165) is 50.4 Å². The number of carbonyl (C=O) groups excluding carboxylic acids is 2. The molecule has 9 nitrogen and oxygen atoms in total. The van der Waals surface area contributed by atoms with Gasteiger partial charge in [0.05, 0.1) is 0 Å². The number of carboxylic acid groups (broad SMARTS) is 1. The Kier molecular flexibility index (Phi) is 38.1. The van der Waals surface area contributed by atoms with E-state index in [0.29, 0.717) is 12.8 Å². The van der Waals surface area contributed by atoms with Crippen LogP contribution in [0.15, 0.2) is 0 Å². The van der Waals surface area contributed by atoms with Crippen molar-refractivity contribution in [2.75, 3.05) is 0 Å². The second-order valence-electron chi connectivity index (χ2n) is 14.3. The number of carbonyl (C=O) groups is 3. The summed E-state index contributed by atoms with van der Waals surface area (Å²) in [5.41, 5.74) is 0. The summed E-state index contributed by atoms with van der Waals surface area (Å²) in [5.74, 6) is -1.04. The number of rotatable bonds is 33. The van der Waals surface area contributed by atoms with Gasteiger partial charge in [-0.2, -0.15) is 0 Å². The number of carboxylic acids is 1. The van der Waals surface area contributed by atoms with Crippen molar-refractivity contribution >= 4 is 17.9 Å². The third-order valence-electron chi connectivity index (χ3n) is 8.50. The van der Waals surface area contributed by atoms with E-state index in [-0.39, 0.29) is 12.8 Å². The predicted octanol–water partition coefficient (Wildman–Crippen LogP) is 10.5. The molecule has 0 aromatic carbocycles. The number of unbranched alkanes of at least 4 members (excludes halogenated alkanes) is 22. The van der Waals surface area contributed by atoms with Crippen molar-refractivity contribution in [3.05, 3.63) is 0 Å². The number of hydrogen-bond acceptors (Lipinski definition) is 6. The molecule has 284 valence electrons. The Hall–Kier alpha value is -0.987. The van der Waals surface area contributed by atoms with Gasteiger partial charge in [0.2, 0.25) is 0 Å². The molecule has 0 aliphatic heterocycles. The molecule has 0 unspecified atom stereocenters. The van der Waals surface area contributed by atoms with Crippen LogP contribution in [0, 0.1) is 11.8 Å². The number of ether oxygens (including phenoxy) is 2. The molecule has 0 saturated heterocycles. The third kappa shape index (κ3) is 43.0. The zero-order valence-electron chi connectivity index (χ0n) is 31.3. The molecule has 0 saturated carbocycles. The summed E-state index contributed by atoms with van der Waals surface area (Å²) in [5, 5.41) is 9.32. The van der Waals surface area contributed by atoms with Crippen molar-refractivity contribution in [2.45, 2.75) is 214 Å². The Morgan fingerprint density at radius 1 is 0.458 bits per heavy atom. The van der Waals surface area contributed by atoms with Crippen LogP contribution in [0.3, 0.4) is 0 Å². The van der Waals surface area contributed by atoms with Gasteiger partial charge < -0.3 is 14.6 Å². The molecule has 0 heterocycles. The first-order chi connectivity index (χ1) is 23.0. The fourth-order valence-corrected chi connectivity index (χ4v) is 5.66. The molecule has 0 aliphatic rings. The van der Waals surface area contributed by atoms with E-state index in [2.05, 4.69) is 27.7 Å². The SMILES string of the molecule is CC(C)CCCCCCCCCCCCCCC(=O)OC(OC(=O)CCCCCCCCCCCCCCC(C)C)C(=O)O.[O]=[Zr]([OH])[OH]. The first-order valence-corrected chi connectivity index (χ1v) is 22.7. The zero-order chi connectivity index (χ0) is 36.3. The molecular formula is C38H74O9Zr. The summed E-state index contributed by atoms with van der Waals surface area (Å²) in [6, 6.07) is 0. The molecule has 0 rings (SSSR count). The quantitative estimate of drug-likeness (QED) is 0.0337. The van der Waals surface area contributed by atoms with Crippen LogP contribution in [-0.4, -0.2) is 35.7 Å². The van der Waals surface area contributed by atoms with Crippen LogP contribution in [0.1, 0.15) is 207 Å². The van der Waals surface area contributed by atoms with Gasteiger partial charge in [-0.15, -0.1) is 0 Å². The normalized spacial score (nSPS) is 11.1. The monoisotopic (exact) mass is 764 g/mol. The van der Waals surface area contributed by atoms with Crippen molar-refractivity contribution in [1.29, 1.82) is 0 Å². The second kappa shape index (κ2) is 37.3. The van der Waals surface area contributed by atoms with Gasteiger partial charge in [-0.25, -0.2) is 4.79 Å². The summed E-state index contributed by atoms with van der Waals surface area (Å²) in [6.07, 6.45) is 30.0. The van der Waals surface area contributed by atoms with E-state index in [9.17, 15) is 19.5 Å². The Morgan fingerprint density at radius 2 is 0.667 bits per heavy atom. The van der Waals surface area contributed by atoms with Crippen molar-refractivity contribution in [2.24, 2.45) is 11.8 Å². The second-order valence-corrected chi connectivity index (χ2v) is 15.7. The minimum absolute atomic E-state index is 0.149. The summed E-state index contributed by atoms with van der Waals surface area (Å²) in [7, 11) is 0. The first kappa shape index (κ1) is 49.1. The fourth-order valence-electron chi connectivity index (χ4n) is 5.66. The van der Waals surface area contributed by atoms with Crippen LogP contribution in [0.4, 0.5) is 0 Å². The maximum absolute atomic E-state index is 12.1. The Balaban J connectivity index is 0. The zero-order valence-corrected chi connectivity index (χ0v) is 33.8. The van der Waals surface area contributed by atoms with Crippen LogP contribution < -0.4 is 0 Å². The van der Waals surface area contributed by atoms with E-state index < -0.39 is 46.8 Å². The molecule has 3 N–H and O–H groups in total. The average Bonchev–Trinajstić information content (AvgIpc) is 3.00. The third-order valence-corrected chi connectivity index (χ3v) is 8.50. The molecular weight excluding hydrogens is 692 g/mol. The van der Waals surface area contributed by atoms with Gasteiger partial charge >= 0.3 is 56.0 Å². The summed E-state index contributed by atoms with van der Waals surface area (Å²) in [4.78, 5) is 35.7. The summed E-state index contributed by atoms with van der Waals surface area (Å²) >= 11 is -3.79. The van der Waals surface area contributed by atoms with E-state index >= 15 is 0 Å². The van der Waals surface area contributed by atoms with Crippen LogP contribution in [-0.2, 0) is 49.3 Å². The maximum atomic E-state index is 12.1. The molecule has 0 fully saturated rings. The van der Waals surface area contributed by atoms with Gasteiger partial charge in [-0.1, -0.05) is 182 Å². The molecule has 0 bridgehead atoms. The standard InChI is InChI=1S/C38H72O6.2H2O.O.Zr/c1-33(2)29-25-21-17-13-9-5-7-11-15-19-23-27-31-35(39)43-38(37(41)42)44-36(40)32-28-24-20-16-12-8-6-10-14-18-22-26-30-34(3)4;;;;/h33-34,38H,5-32H2,1-4H3,(H,41,42);2*1H2;;/q;;;;+2/p-2. The van der Waals surface area contributed by atoms with Gasteiger partial charge in [-0.05, 0) is 24.7 Å².